The van der Waals surface area contributed by atoms with Crippen molar-refractivity contribution in [3.8, 4) is 5.75 Å². The topological polar surface area (TPSA) is 69.7 Å². The van der Waals surface area contributed by atoms with Crippen LogP contribution in [0.25, 0.3) is 0 Å². The van der Waals surface area contributed by atoms with Crippen LogP contribution in [-0.4, -0.2) is 17.2 Å². The fourth-order valence-corrected chi connectivity index (χ4v) is 2.48. The summed E-state index contributed by atoms with van der Waals surface area (Å²) in [6, 6.07) is 15.1. The molecule has 1 N–H and O–H groups in total. The number of nitrogens with zero attached hydrogens (tertiary/aromatic N) is 4. The zero-order valence-electron chi connectivity index (χ0n) is 11.6. The Kier molecular flexibility index (Phi) is 4.39. The van der Waals surface area contributed by atoms with E-state index in [1.54, 1.807) is 18.2 Å². The standard InChI is InChI=1S/C16H13BrN4O/c17-13-6-7-15(22)12(8-13)10-18-20-16-9-14(19-21-16)11-4-2-1-3-5-11/h1-8,10,14,22H,9H2/b18-10+,20-16+/t14-/m0/s1. The van der Waals surface area contributed by atoms with Gasteiger partial charge in [0.2, 0.25) is 0 Å². The zero-order chi connectivity index (χ0) is 15.4. The van der Waals surface area contributed by atoms with Gasteiger partial charge in [-0.25, -0.2) is 0 Å². The highest BCUT2D eigenvalue weighted by Gasteiger charge is 2.19. The molecule has 5 nitrogen and oxygen atoms in total. The summed E-state index contributed by atoms with van der Waals surface area (Å²) in [6.45, 7) is 0. The Morgan fingerprint density at radius 2 is 2.00 bits per heavy atom. The molecule has 0 spiro atoms. The van der Waals surface area contributed by atoms with E-state index in [9.17, 15) is 5.11 Å². The molecule has 0 aliphatic carbocycles. The second-order valence-corrected chi connectivity index (χ2v) is 5.73. The fourth-order valence-electron chi connectivity index (χ4n) is 2.10. The van der Waals surface area contributed by atoms with Crippen LogP contribution in [0, 0.1) is 0 Å². The van der Waals surface area contributed by atoms with E-state index in [0.717, 1.165) is 10.0 Å². The number of rotatable bonds is 3. The van der Waals surface area contributed by atoms with Crippen LogP contribution in [0.15, 0.2) is 73.4 Å². The lowest BCUT2D eigenvalue weighted by atomic mass is 10.1. The van der Waals surface area contributed by atoms with Crippen molar-refractivity contribution in [3.63, 3.8) is 0 Å². The second kappa shape index (κ2) is 6.62. The zero-order valence-corrected chi connectivity index (χ0v) is 13.2. The number of amidine groups is 1. The third kappa shape index (κ3) is 3.46. The Morgan fingerprint density at radius 3 is 2.82 bits per heavy atom. The maximum atomic E-state index is 9.72. The molecule has 22 heavy (non-hydrogen) atoms. The summed E-state index contributed by atoms with van der Waals surface area (Å²) in [5.74, 6) is 0.738. The Balaban J connectivity index is 1.69. The van der Waals surface area contributed by atoms with Crippen LogP contribution in [0.2, 0.25) is 0 Å². The van der Waals surface area contributed by atoms with E-state index in [1.807, 2.05) is 30.3 Å². The predicted molar refractivity (Wildman–Crippen MR) is 89.5 cm³/mol. The van der Waals surface area contributed by atoms with Gasteiger partial charge in [-0.05, 0) is 23.8 Å². The summed E-state index contributed by atoms with van der Waals surface area (Å²) >= 11 is 3.35. The first-order valence-electron chi connectivity index (χ1n) is 6.76. The maximum Gasteiger partial charge on any atom is 0.175 e. The molecule has 6 heteroatoms. The molecule has 1 heterocycles. The largest absolute Gasteiger partial charge is 0.507 e. The minimum absolute atomic E-state index is 0.00872. The number of halogens is 1. The van der Waals surface area contributed by atoms with Crippen molar-refractivity contribution >= 4 is 28.0 Å². The molecule has 1 atom stereocenters. The third-order valence-corrected chi connectivity index (χ3v) is 3.73. The molecule has 0 amide bonds. The van der Waals surface area contributed by atoms with Crippen molar-refractivity contribution in [2.45, 2.75) is 12.5 Å². The molecule has 0 aromatic heterocycles. The van der Waals surface area contributed by atoms with Crippen LogP contribution in [0.3, 0.4) is 0 Å². The molecule has 0 saturated carbocycles. The number of phenols is 1. The smallest absolute Gasteiger partial charge is 0.175 e. The summed E-state index contributed by atoms with van der Waals surface area (Å²) in [5, 5.41) is 26.0. The van der Waals surface area contributed by atoms with Gasteiger partial charge >= 0.3 is 0 Å². The molecule has 1 aliphatic rings. The van der Waals surface area contributed by atoms with Crippen LogP contribution in [-0.2, 0) is 0 Å². The molecule has 0 unspecified atom stereocenters. The van der Waals surface area contributed by atoms with Gasteiger partial charge < -0.3 is 5.11 Å². The highest BCUT2D eigenvalue weighted by atomic mass is 79.9. The molecular formula is C16H13BrN4O. The van der Waals surface area contributed by atoms with Gasteiger partial charge in [0.25, 0.3) is 0 Å². The van der Waals surface area contributed by atoms with Gasteiger partial charge in [0.1, 0.15) is 11.8 Å². The Labute approximate surface area is 136 Å². The van der Waals surface area contributed by atoms with Crippen molar-refractivity contribution in [2.24, 2.45) is 20.4 Å². The van der Waals surface area contributed by atoms with Crippen molar-refractivity contribution < 1.29 is 5.11 Å². The number of benzene rings is 2. The number of phenolic OH excluding ortho intramolecular Hbond substituents is 1. The highest BCUT2D eigenvalue weighted by molar-refractivity contribution is 9.10. The van der Waals surface area contributed by atoms with Crippen LogP contribution in [0.4, 0.5) is 0 Å². The Morgan fingerprint density at radius 1 is 1.18 bits per heavy atom. The average Bonchev–Trinajstić information content (AvgIpc) is 3.00. The van der Waals surface area contributed by atoms with Gasteiger partial charge in [-0.3, -0.25) is 0 Å². The lowest BCUT2D eigenvalue weighted by molar-refractivity contribution is 0.474. The number of azo groups is 1. The van der Waals surface area contributed by atoms with Crippen LogP contribution >= 0.6 is 15.9 Å². The van der Waals surface area contributed by atoms with Crippen molar-refractivity contribution in [1.82, 2.24) is 0 Å². The highest BCUT2D eigenvalue weighted by Crippen LogP contribution is 2.27. The molecule has 0 fully saturated rings. The van der Waals surface area contributed by atoms with Crippen LogP contribution < -0.4 is 0 Å². The van der Waals surface area contributed by atoms with Crippen LogP contribution in [0.1, 0.15) is 23.6 Å². The minimum atomic E-state index is 0.00872. The van der Waals surface area contributed by atoms with E-state index in [1.165, 1.54) is 6.21 Å². The molecule has 3 rings (SSSR count). The van der Waals surface area contributed by atoms with E-state index in [4.69, 9.17) is 0 Å². The Bertz CT molecular complexity index is 756. The summed E-state index contributed by atoms with van der Waals surface area (Å²) in [4.78, 5) is 0. The van der Waals surface area contributed by atoms with E-state index in [2.05, 4.69) is 36.4 Å². The number of aromatic hydroxyl groups is 1. The van der Waals surface area contributed by atoms with Crippen molar-refractivity contribution in [3.05, 3.63) is 64.1 Å². The molecule has 0 bridgehead atoms. The average molecular weight is 357 g/mol. The van der Waals surface area contributed by atoms with E-state index >= 15 is 0 Å². The van der Waals surface area contributed by atoms with E-state index in [-0.39, 0.29) is 11.8 Å². The summed E-state index contributed by atoms with van der Waals surface area (Å²) in [5.41, 5.74) is 1.71. The Hall–Kier alpha value is -2.34. The number of hydrogen-bond acceptors (Lipinski definition) is 4. The maximum absolute atomic E-state index is 9.72. The van der Waals surface area contributed by atoms with E-state index < -0.39 is 0 Å². The van der Waals surface area contributed by atoms with Gasteiger partial charge in [0, 0.05) is 16.5 Å². The molecule has 2 aromatic rings. The molecule has 1 aliphatic heterocycles. The fraction of sp³-hybridized carbons (Fsp3) is 0.125. The van der Waals surface area contributed by atoms with Gasteiger partial charge in [0.15, 0.2) is 5.84 Å². The lowest BCUT2D eigenvalue weighted by Gasteiger charge is -2.03. The third-order valence-electron chi connectivity index (χ3n) is 3.23. The monoisotopic (exact) mass is 356 g/mol. The summed E-state index contributed by atoms with van der Waals surface area (Å²) in [6.07, 6.45) is 2.13. The minimum Gasteiger partial charge on any atom is -0.507 e. The van der Waals surface area contributed by atoms with Crippen molar-refractivity contribution in [2.75, 3.05) is 0 Å². The lowest BCUT2D eigenvalue weighted by Crippen LogP contribution is -1.95. The molecule has 0 saturated heterocycles. The van der Waals surface area contributed by atoms with Gasteiger partial charge in [-0.1, -0.05) is 46.3 Å². The predicted octanol–water partition coefficient (Wildman–Crippen LogP) is 4.48. The van der Waals surface area contributed by atoms with Gasteiger partial charge in [0.05, 0.1) is 6.21 Å². The first kappa shape index (κ1) is 14.6. The van der Waals surface area contributed by atoms with Gasteiger partial charge in [-0.15, -0.1) is 10.2 Å². The second-order valence-electron chi connectivity index (χ2n) is 4.81. The molecule has 110 valence electrons. The normalized spacial score (nSPS) is 19.3. The van der Waals surface area contributed by atoms with Crippen LogP contribution in [0.5, 0.6) is 5.75 Å². The summed E-state index contributed by atoms with van der Waals surface area (Å²) in [7, 11) is 0. The molecule has 2 aromatic carbocycles. The molecular weight excluding hydrogens is 344 g/mol. The SMILES string of the molecule is Oc1ccc(Br)cc1/C=N/N=C1\C[C@@H](c2ccccc2)N=N1. The van der Waals surface area contributed by atoms with Gasteiger partial charge in [-0.2, -0.15) is 10.2 Å². The summed E-state index contributed by atoms with van der Waals surface area (Å²) < 4.78 is 0.865. The quantitative estimate of drug-likeness (QED) is 0.638. The molecule has 0 radical (unpaired) electrons. The van der Waals surface area contributed by atoms with Crippen molar-refractivity contribution in [1.29, 1.82) is 0 Å². The first-order valence-corrected chi connectivity index (χ1v) is 7.56. The number of hydrogen-bond donors (Lipinski definition) is 1. The van der Waals surface area contributed by atoms with E-state index in [0.29, 0.717) is 17.8 Å². The first-order chi connectivity index (χ1) is 10.7.